The number of carbonyl (C=O) groups is 1. The van der Waals surface area contributed by atoms with Gasteiger partial charge in [0.2, 0.25) is 5.95 Å². The van der Waals surface area contributed by atoms with Crippen LogP contribution in [0.5, 0.6) is 0 Å². The topological polar surface area (TPSA) is 110 Å². The number of aromatic nitrogens is 4. The summed E-state index contributed by atoms with van der Waals surface area (Å²) < 4.78 is 19.9. The number of halogens is 1. The van der Waals surface area contributed by atoms with Gasteiger partial charge >= 0.3 is 0 Å². The molecule has 10 heteroatoms. The normalized spacial score (nSPS) is 10.8. The molecule has 2 aromatic carbocycles. The molecule has 0 spiro atoms. The van der Waals surface area contributed by atoms with Crippen molar-refractivity contribution in [1.82, 2.24) is 19.5 Å². The van der Waals surface area contributed by atoms with Gasteiger partial charge in [-0.2, -0.15) is 0 Å². The summed E-state index contributed by atoms with van der Waals surface area (Å²) >= 11 is 0. The Morgan fingerprint density at radius 1 is 1.05 bits per heavy atom. The molecule has 3 aromatic heterocycles. The molecule has 37 heavy (non-hydrogen) atoms. The molecule has 0 bridgehead atoms. The van der Waals surface area contributed by atoms with Crippen molar-refractivity contribution in [3.8, 4) is 5.82 Å². The van der Waals surface area contributed by atoms with Gasteiger partial charge in [-0.25, -0.2) is 19.3 Å². The van der Waals surface area contributed by atoms with E-state index in [-0.39, 0.29) is 5.91 Å². The summed E-state index contributed by atoms with van der Waals surface area (Å²) in [7, 11) is 0. The smallest absolute Gasteiger partial charge is 0.255 e. The molecule has 0 aliphatic heterocycles. The molecule has 0 aliphatic rings. The average molecular weight is 498 g/mol. The fourth-order valence-corrected chi connectivity index (χ4v) is 3.70. The lowest BCUT2D eigenvalue weighted by Crippen LogP contribution is -2.12. The van der Waals surface area contributed by atoms with Crippen molar-refractivity contribution in [1.29, 1.82) is 0 Å². The van der Waals surface area contributed by atoms with Crippen LogP contribution >= 0.6 is 0 Å². The first kappa shape index (κ1) is 23.7. The number of benzene rings is 2. The largest absolute Gasteiger partial charge is 0.472 e. The van der Waals surface area contributed by atoms with Gasteiger partial charge in [0.1, 0.15) is 24.6 Å². The summed E-state index contributed by atoms with van der Waals surface area (Å²) in [6, 6.07) is 15.7. The van der Waals surface area contributed by atoms with E-state index in [0.717, 1.165) is 16.8 Å². The lowest BCUT2D eigenvalue weighted by atomic mass is 10.1. The summed E-state index contributed by atoms with van der Waals surface area (Å²) in [6.07, 6.45) is 8.24. The van der Waals surface area contributed by atoms with Crippen molar-refractivity contribution >= 4 is 29.0 Å². The fourth-order valence-electron chi connectivity index (χ4n) is 3.70. The molecule has 3 heterocycles. The van der Waals surface area contributed by atoms with Crippen LogP contribution in [0.2, 0.25) is 0 Å². The number of hydrogen-bond donors (Lipinski definition) is 3. The molecule has 9 nitrogen and oxygen atoms in total. The van der Waals surface area contributed by atoms with Gasteiger partial charge < -0.3 is 20.4 Å². The Morgan fingerprint density at radius 3 is 2.81 bits per heavy atom. The minimum absolute atomic E-state index is 0.317. The van der Waals surface area contributed by atoms with Crippen LogP contribution in [0.4, 0.5) is 27.5 Å². The van der Waals surface area contributed by atoms with Crippen molar-refractivity contribution in [3.05, 3.63) is 108 Å². The quantitative estimate of drug-likeness (QED) is 0.242. The molecule has 0 atom stereocenters. The van der Waals surface area contributed by atoms with Crippen LogP contribution in [0.15, 0.2) is 90.3 Å². The first-order valence-electron chi connectivity index (χ1n) is 11.5. The summed E-state index contributed by atoms with van der Waals surface area (Å²) in [4.78, 5) is 25.8. The van der Waals surface area contributed by atoms with E-state index in [1.54, 1.807) is 53.8 Å². The molecule has 0 fully saturated rings. The SMILES string of the molecule is Cc1ccc(NC(=O)c2cccc(CF)c2)cc1Nc1nccn1-c1cc(NCc2ccoc2)ncn1. The van der Waals surface area contributed by atoms with Crippen LogP contribution in [0.3, 0.4) is 0 Å². The Kier molecular flexibility index (Phi) is 6.89. The number of nitrogens with one attached hydrogen (secondary N) is 3. The lowest BCUT2D eigenvalue weighted by Gasteiger charge is -2.14. The van der Waals surface area contributed by atoms with E-state index in [9.17, 15) is 9.18 Å². The number of hydrogen-bond acceptors (Lipinski definition) is 7. The van der Waals surface area contributed by atoms with Gasteiger partial charge in [0.25, 0.3) is 5.91 Å². The molecule has 0 unspecified atom stereocenters. The first-order valence-corrected chi connectivity index (χ1v) is 11.5. The number of anilines is 4. The second-order valence-corrected chi connectivity index (χ2v) is 8.31. The molecule has 186 valence electrons. The highest BCUT2D eigenvalue weighted by molar-refractivity contribution is 6.04. The number of amides is 1. The first-order chi connectivity index (χ1) is 18.1. The Balaban J connectivity index is 1.32. The van der Waals surface area contributed by atoms with Crippen LogP contribution in [0, 0.1) is 6.92 Å². The molecule has 1 amide bonds. The molecular formula is C27H24FN7O2. The zero-order chi connectivity index (χ0) is 25.6. The van der Waals surface area contributed by atoms with E-state index >= 15 is 0 Å². The van der Waals surface area contributed by atoms with Crippen molar-refractivity contribution in [2.75, 3.05) is 16.0 Å². The van der Waals surface area contributed by atoms with Crippen LogP contribution < -0.4 is 16.0 Å². The monoisotopic (exact) mass is 497 g/mol. The average Bonchev–Trinajstić information content (AvgIpc) is 3.62. The Bertz CT molecular complexity index is 1510. The summed E-state index contributed by atoms with van der Waals surface area (Å²) in [5, 5.41) is 9.44. The number of furan rings is 1. The molecule has 5 rings (SSSR count). The zero-order valence-electron chi connectivity index (χ0n) is 20.0. The Morgan fingerprint density at radius 2 is 1.97 bits per heavy atom. The van der Waals surface area contributed by atoms with Crippen molar-refractivity contribution < 1.29 is 13.6 Å². The summed E-state index contributed by atoms with van der Waals surface area (Å²) in [6.45, 7) is 1.90. The standard InChI is InChI=1S/C27H24FN7O2/c1-18-5-6-22(33-26(36)21-4-2-3-19(11-21)14-28)12-23(18)34-27-29-8-9-35(27)25-13-24(31-17-32-25)30-15-20-7-10-37-16-20/h2-13,16-17H,14-15H2,1H3,(H,29,34)(H,33,36)(H,30,31,32). The summed E-state index contributed by atoms with van der Waals surface area (Å²) in [5.41, 5.74) is 4.15. The summed E-state index contributed by atoms with van der Waals surface area (Å²) in [5.74, 6) is 1.51. The van der Waals surface area contributed by atoms with Gasteiger partial charge in [-0.3, -0.25) is 9.36 Å². The van der Waals surface area contributed by atoms with E-state index in [1.807, 2.05) is 37.3 Å². The van der Waals surface area contributed by atoms with Crippen LogP contribution in [-0.2, 0) is 13.2 Å². The van der Waals surface area contributed by atoms with Crippen LogP contribution in [0.1, 0.15) is 27.0 Å². The highest BCUT2D eigenvalue weighted by Gasteiger charge is 2.12. The Labute approximate surface area is 212 Å². The molecule has 0 saturated heterocycles. The molecule has 5 aromatic rings. The predicted molar refractivity (Wildman–Crippen MR) is 139 cm³/mol. The highest BCUT2D eigenvalue weighted by Crippen LogP contribution is 2.25. The van der Waals surface area contributed by atoms with Gasteiger partial charge in [0, 0.05) is 47.5 Å². The minimum Gasteiger partial charge on any atom is -0.472 e. The number of aryl methyl sites for hydroxylation is 1. The number of rotatable bonds is 9. The van der Waals surface area contributed by atoms with Gasteiger partial charge in [-0.15, -0.1) is 0 Å². The van der Waals surface area contributed by atoms with E-state index in [4.69, 9.17) is 4.42 Å². The third-order valence-electron chi connectivity index (χ3n) is 5.68. The van der Waals surface area contributed by atoms with Gasteiger partial charge in [-0.05, 0) is 48.4 Å². The zero-order valence-corrected chi connectivity index (χ0v) is 20.0. The fraction of sp³-hybridized carbons (Fsp3) is 0.111. The van der Waals surface area contributed by atoms with Gasteiger partial charge in [-0.1, -0.05) is 18.2 Å². The van der Waals surface area contributed by atoms with Crippen molar-refractivity contribution in [2.24, 2.45) is 0 Å². The van der Waals surface area contributed by atoms with Gasteiger partial charge in [0.05, 0.1) is 12.5 Å². The Hall–Kier alpha value is -4.99. The second-order valence-electron chi connectivity index (χ2n) is 8.31. The van der Waals surface area contributed by atoms with Crippen LogP contribution in [-0.4, -0.2) is 25.4 Å². The number of nitrogens with zero attached hydrogens (tertiary/aromatic N) is 4. The maximum absolute atomic E-state index is 13.0. The van der Waals surface area contributed by atoms with E-state index in [2.05, 4.69) is 30.9 Å². The van der Waals surface area contributed by atoms with E-state index in [1.165, 1.54) is 6.33 Å². The molecule has 0 saturated carbocycles. The van der Waals surface area contributed by atoms with Crippen LogP contribution in [0.25, 0.3) is 5.82 Å². The van der Waals surface area contributed by atoms with E-state index < -0.39 is 6.67 Å². The lowest BCUT2D eigenvalue weighted by molar-refractivity contribution is 0.102. The van der Waals surface area contributed by atoms with Gasteiger partial charge in [0.15, 0.2) is 0 Å². The third-order valence-corrected chi connectivity index (χ3v) is 5.68. The highest BCUT2D eigenvalue weighted by atomic mass is 19.1. The number of carbonyl (C=O) groups excluding carboxylic acids is 1. The molecule has 0 radical (unpaired) electrons. The molecular weight excluding hydrogens is 473 g/mol. The van der Waals surface area contributed by atoms with Crippen molar-refractivity contribution in [3.63, 3.8) is 0 Å². The maximum atomic E-state index is 13.0. The predicted octanol–water partition coefficient (Wildman–Crippen LogP) is 5.64. The number of alkyl halides is 1. The minimum atomic E-state index is -0.624. The molecule has 0 aliphatic carbocycles. The third kappa shape index (κ3) is 5.64. The second kappa shape index (κ2) is 10.7. The maximum Gasteiger partial charge on any atom is 0.255 e. The van der Waals surface area contributed by atoms with Crippen molar-refractivity contribution in [2.45, 2.75) is 20.1 Å². The molecule has 3 N–H and O–H groups in total. The number of imidazole rings is 1. The van der Waals surface area contributed by atoms with E-state index in [0.29, 0.717) is 40.9 Å².